The molecule has 1 aromatic carbocycles. The van der Waals surface area contributed by atoms with E-state index in [9.17, 15) is 9.18 Å². The lowest BCUT2D eigenvalue weighted by molar-refractivity contribution is -0.115. The van der Waals surface area contributed by atoms with Crippen LogP contribution in [0.3, 0.4) is 0 Å². The lowest BCUT2D eigenvalue weighted by Gasteiger charge is -2.10. The number of aromatic nitrogens is 2. The largest absolute Gasteiger partial charge is 0.496 e. The molecule has 0 radical (unpaired) electrons. The number of halogens is 1. The van der Waals surface area contributed by atoms with Crippen LogP contribution in [0, 0.1) is 5.82 Å². The standard InChI is InChI=1S/C17H14FN3O3/c1-23-15-6-13(4-5-14(15)16-9-19-10-24-16)21-17(22)7-12-3-2-11(18)8-20-12/h2-6,8-10H,7H2,1H3,(H,21,22). The number of carbonyl (C=O) groups is 1. The number of methoxy groups -OCH3 is 1. The number of nitrogens with zero attached hydrogens (tertiary/aromatic N) is 2. The number of benzene rings is 1. The molecule has 7 heteroatoms. The van der Waals surface area contributed by atoms with E-state index in [1.165, 1.54) is 25.6 Å². The molecule has 0 atom stereocenters. The van der Waals surface area contributed by atoms with Crippen molar-refractivity contribution >= 4 is 11.6 Å². The van der Waals surface area contributed by atoms with Crippen molar-refractivity contribution in [1.29, 1.82) is 0 Å². The van der Waals surface area contributed by atoms with Crippen molar-refractivity contribution in [2.75, 3.05) is 12.4 Å². The van der Waals surface area contributed by atoms with Crippen LogP contribution in [0.15, 0.2) is 53.5 Å². The highest BCUT2D eigenvalue weighted by Crippen LogP contribution is 2.32. The number of amides is 1. The van der Waals surface area contributed by atoms with E-state index in [1.807, 2.05) is 0 Å². The Morgan fingerprint density at radius 3 is 2.83 bits per heavy atom. The van der Waals surface area contributed by atoms with Crippen molar-refractivity contribution in [2.24, 2.45) is 0 Å². The number of oxazole rings is 1. The molecule has 3 rings (SSSR count). The Kier molecular flexibility index (Phi) is 4.51. The van der Waals surface area contributed by atoms with E-state index in [1.54, 1.807) is 24.4 Å². The first-order valence-corrected chi connectivity index (χ1v) is 7.13. The number of nitrogens with one attached hydrogen (secondary N) is 1. The molecule has 0 aliphatic carbocycles. The maximum atomic E-state index is 12.8. The molecule has 2 aromatic heterocycles. The molecule has 0 fully saturated rings. The molecule has 0 aliphatic rings. The van der Waals surface area contributed by atoms with Gasteiger partial charge >= 0.3 is 0 Å². The molecule has 6 nitrogen and oxygen atoms in total. The maximum Gasteiger partial charge on any atom is 0.230 e. The van der Waals surface area contributed by atoms with Crippen molar-refractivity contribution in [3.8, 4) is 17.1 Å². The minimum atomic E-state index is -0.438. The third-order valence-corrected chi connectivity index (χ3v) is 3.31. The van der Waals surface area contributed by atoms with E-state index >= 15 is 0 Å². The first kappa shape index (κ1) is 15.7. The van der Waals surface area contributed by atoms with Crippen LogP contribution in [-0.4, -0.2) is 23.0 Å². The lowest BCUT2D eigenvalue weighted by atomic mass is 10.1. The molecule has 0 aliphatic heterocycles. The molecule has 122 valence electrons. The number of pyridine rings is 1. The zero-order valence-corrected chi connectivity index (χ0v) is 12.8. The molecular formula is C17H14FN3O3. The first-order chi connectivity index (χ1) is 11.7. The molecule has 3 aromatic rings. The summed E-state index contributed by atoms with van der Waals surface area (Å²) in [5.74, 6) is 0.417. The van der Waals surface area contributed by atoms with Gasteiger partial charge < -0.3 is 14.5 Å². The van der Waals surface area contributed by atoms with Crippen LogP contribution in [0.2, 0.25) is 0 Å². The predicted octanol–water partition coefficient (Wildman–Crippen LogP) is 3.07. The van der Waals surface area contributed by atoms with E-state index in [4.69, 9.17) is 9.15 Å². The Morgan fingerprint density at radius 2 is 2.17 bits per heavy atom. The van der Waals surface area contributed by atoms with Crippen LogP contribution < -0.4 is 10.1 Å². The van der Waals surface area contributed by atoms with Gasteiger partial charge in [0.05, 0.1) is 31.5 Å². The molecule has 0 saturated heterocycles. The average Bonchev–Trinajstić information content (AvgIpc) is 3.11. The summed E-state index contributed by atoms with van der Waals surface area (Å²) in [6, 6.07) is 7.93. The Bertz CT molecular complexity index is 833. The van der Waals surface area contributed by atoms with Gasteiger partial charge in [-0.2, -0.15) is 0 Å². The fraction of sp³-hybridized carbons (Fsp3) is 0.118. The van der Waals surface area contributed by atoms with Gasteiger partial charge in [-0.05, 0) is 24.3 Å². The highest BCUT2D eigenvalue weighted by molar-refractivity contribution is 5.92. The molecular weight excluding hydrogens is 313 g/mol. The third kappa shape index (κ3) is 3.57. The lowest BCUT2D eigenvalue weighted by Crippen LogP contribution is -2.15. The second kappa shape index (κ2) is 6.91. The summed E-state index contributed by atoms with van der Waals surface area (Å²) in [7, 11) is 1.53. The number of hydrogen-bond donors (Lipinski definition) is 1. The smallest absolute Gasteiger partial charge is 0.230 e. The quantitative estimate of drug-likeness (QED) is 0.779. The van der Waals surface area contributed by atoms with Crippen molar-refractivity contribution in [3.05, 3.63) is 60.6 Å². The van der Waals surface area contributed by atoms with E-state index in [0.29, 0.717) is 22.9 Å². The fourth-order valence-corrected chi connectivity index (χ4v) is 2.20. The van der Waals surface area contributed by atoms with Crippen LogP contribution >= 0.6 is 0 Å². The van der Waals surface area contributed by atoms with E-state index in [2.05, 4.69) is 15.3 Å². The second-order valence-electron chi connectivity index (χ2n) is 4.97. The third-order valence-electron chi connectivity index (χ3n) is 3.31. The van der Waals surface area contributed by atoms with Crippen LogP contribution in [-0.2, 0) is 11.2 Å². The van der Waals surface area contributed by atoms with Gasteiger partial charge in [0, 0.05) is 17.4 Å². The minimum absolute atomic E-state index is 0.0481. The Labute approximate surface area is 137 Å². The summed E-state index contributed by atoms with van der Waals surface area (Å²) in [6.07, 6.45) is 4.04. The van der Waals surface area contributed by atoms with Gasteiger partial charge in [-0.25, -0.2) is 9.37 Å². The van der Waals surface area contributed by atoms with Gasteiger partial charge in [0.15, 0.2) is 12.2 Å². The molecule has 1 amide bonds. The number of hydrogen-bond acceptors (Lipinski definition) is 5. The highest BCUT2D eigenvalue weighted by Gasteiger charge is 2.12. The van der Waals surface area contributed by atoms with E-state index in [-0.39, 0.29) is 12.3 Å². The van der Waals surface area contributed by atoms with Crippen molar-refractivity contribution in [2.45, 2.75) is 6.42 Å². The summed E-state index contributed by atoms with van der Waals surface area (Å²) in [6.45, 7) is 0. The molecule has 0 spiro atoms. The molecule has 0 saturated carbocycles. The number of ether oxygens (including phenoxy) is 1. The normalized spacial score (nSPS) is 10.4. The maximum absolute atomic E-state index is 12.8. The van der Waals surface area contributed by atoms with Crippen molar-refractivity contribution in [3.63, 3.8) is 0 Å². The number of carbonyl (C=O) groups excluding carboxylic acids is 1. The Morgan fingerprint density at radius 1 is 1.29 bits per heavy atom. The molecule has 0 unspecified atom stereocenters. The van der Waals surface area contributed by atoms with Crippen LogP contribution in [0.5, 0.6) is 5.75 Å². The molecule has 1 N–H and O–H groups in total. The minimum Gasteiger partial charge on any atom is -0.496 e. The summed E-state index contributed by atoms with van der Waals surface area (Å²) >= 11 is 0. The van der Waals surface area contributed by atoms with Crippen molar-refractivity contribution in [1.82, 2.24) is 9.97 Å². The summed E-state index contributed by atoms with van der Waals surface area (Å²) in [5, 5.41) is 2.75. The second-order valence-corrected chi connectivity index (χ2v) is 4.97. The summed E-state index contributed by atoms with van der Waals surface area (Å²) in [5.41, 5.74) is 1.79. The van der Waals surface area contributed by atoms with Gasteiger partial charge in [-0.3, -0.25) is 9.78 Å². The topological polar surface area (TPSA) is 77.2 Å². The molecule has 24 heavy (non-hydrogen) atoms. The summed E-state index contributed by atoms with van der Waals surface area (Å²) < 4.78 is 23.4. The number of rotatable bonds is 5. The van der Waals surface area contributed by atoms with E-state index in [0.717, 1.165) is 11.8 Å². The van der Waals surface area contributed by atoms with Gasteiger partial charge in [-0.1, -0.05) is 0 Å². The van der Waals surface area contributed by atoms with Gasteiger partial charge in [0.25, 0.3) is 0 Å². The number of anilines is 1. The van der Waals surface area contributed by atoms with Crippen molar-refractivity contribution < 1.29 is 18.3 Å². The predicted molar refractivity (Wildman–Crippen MR) is 85.0 cm³/mol. The zero-order valence-electron chi connectivity index (χ0n) is 12.8. The Hall–Kier alpha value is -3.22. The average molecular weight is 327 g/mol. The van der Waals surface area contributed by atoms with Crippen LogP contribution in [0.4, 0.5) is 10.1 Å². The van der Waals surface area contributed by atoms with Gasteiger partial charge in [0.1, 0.15) is 11.6 Å². The summed E-state index contributed by atoms with van der Waals surface area (Å²) in [4.78, 5) is 19.8. The fourth-order valence-electron chi connectivity index (χ4n) is 2.20. The zero-order chi connectivity index (χ0) is 16.9. The molecule has 2 heterocycles. The Balaban J connectivity index is 1.73. The monoisotopic (exact) mass is 327 g/mol. The van der Waals surface area contributed by atoms with Crippen LogP contribution in [0.25, 0.3) is 11.3 Å². The first-order valence-electron chi connectivity index (χ1n) is 7.13. The highest BCUT2D eigenvalue weighted by atomic mass is 19.1. The SMILES string of the molecule is COc1cc(NC(=O)Cc2ccc(F)cn2)ccc1-c1cnco1. The van der Waals surface area contributed by atoms with Crippen LogP contribution in [0.1, 0.15) is 5.69 Å². The van der Waals surface area contributed by atoms with Gasteiger partial charge in [-0.15, -0.1) is 0 Å². The van der Waals surface area contributed by atoms with Gasteiger partial charge in [0.2, 0.25) is 5.91 Å². The van der Waals surface area contributed by atoms with E-state index < -0.39 is 5.82 Å². The molecule has 0 bridgehead atoms.